The highest BCUT2D eigenvalue weighted by Gasteiger charge is 2.25. The maximum atomic E-state index is 13.5. The number of ether oxygens (including phenoxy) is 1. The van der Waals surface area contributed by atoms with Crippen LogP contribution >= 0.6 is 0 Å². The molecular formula is C12H17FN2O2. The van der Waals surface area contributed by atoms with Crippen LogP contribution in [0.3, 0.4) is 0 Å². The number of methoxy groups -OCH3 is 1. The zero-order valence-electron chi connectivity index (χ0n) is 10.4. The standard InChI is InChI=1S/C12H17FN2O2/c1-12(2,14-3)11(16)15-10-7-8(17-4)5-6-9(10)13/h5-7,14H,1-4H3,(H,15,16). The third-order valence-corrected chi connectivity index (χ3v) is 2.61. The fourth-order valence-electron chi connectivity index (χ4n) is 1.12. The van der Waals surface area contributed by atoms with Gasteiger partial charge in [0.25, 0.3) is 0 Å². The number of amides is 1. The lowest BCUT2D eigenvalue weighted by Gasteiger charge is -2.23. The van der Waals surface area contributed by atoms with Gasteiger partial charge in [0, 0.05) is 6.07 Å². The minimum atomic E-state index is -0.768. The second-order valence-electron chi connectivity index (χ2n) is 4.17. The molecule has 1 aromatic carbocycles. The molecular weight excluding hydrogens is 223 g/mol. The summed E-state index contributed by atoms with van der Waals surface area (Å²) in [6, 6.07) is 4.19. The van der Waals surface area contributed by atoms with Crippen LogP contribution in [0.2, 0.25) is 0 Å². The van der Waals surface area contributed by atoms with Crippen LogP contribution in [0.4, 0.5) is 10.1 Å². The number of carbonyl (C=O) groups is 1. The van der Waals surface area contributed by atoms with Crippen LogP contribution in [0, 0.1) is 5.82 Å². The predicted octanol–water partition coefficient (Wildman–Crippen LogP) is 1.77. The molecule has 0 radical (unpaired) electrons. The summed E-state index contributed by atoms with van der Waals surface area (Å²) in [6.07, 6.45) is 0. The van der Waals surface area contributed by atoms with Gasteiger partial charge in [0.1, 0.15) is 11.6 Å². The molecule has 0 aliphatic rings. The molecule has 5 heteroatoms. The molecule has 0 atom stereocenters. The van der Waals surface area contributed by atoms with Gasteiger partial charge >= 0.3 is 0 Å². The number of halogens is 1. The van der Waals surface area contributed by atoms with Crippen molar-refractivity contribution in [1.29, 1.82) is 0 Å². The van der Waals surface area contributed by atoms with E-state index in [4.69, 9.17) is 4.74 Å². The van der Waals surface area contributed by atoms with Gasteiger partial charge in [0.15, 0.2) is 0 Å². The summed E-state index contributed by atoms with van der Waals surface area (Å²) >= 11 is 0. The average molecular weight is 240 g/mol. The molecule has 1 rings (SSSR count). The van der Waals surface area contributed by atoms with E-state index >= 15 is 0 Å². The topological polar surface area (TPSA) is 50.4 Å². The van der Waals surface area contributed by atoms with Crippen LogP contribution in [0.1, 0.15) is 13.8 Å². The van der Waals surface area contributed by atoms with Crippen LogP contribution in [-0.4, -0.2) is 25.6 Å². The summed E-state index contributed by atoms with van der Waals surface area (Å²) in [6.45, 7) is 3.42. The summed E-state index contributed by atoms with van der Waals surface area (Å²) < 4.78 is 18.4. The van der Waals surface area contributed by atoms with Gasteiger partial charge in [-0.05, 0) is 33.0 Å². The monoisotopic (exact) mass is 240 g/mol. The number of likely N-dealkylation sites (N-methyl/N-ethyl adjacent to an activating group) is 1. The molecule has 0 heterocycles. The molecule has 94 valence electrons. The van der Waals surface area contributed by atoms with Gasteiger partial charge in [-0.2, -0.15) is 0 Å². The van der Waals surface area contributed by atoms with Gasteiger partial charge < -0.3 is 15.4 Å². The fourth-order valence-corrected chi connectivity index (χ4v) is 1.12. The van der Waals surface area contributed by atoms with Crippen LogP contribution in [0.15, 0.2) is 18.2 Å². The van der Waals surface area contributed by atoms with Gasteiger partial charge in [0.05, 0.1) is 18.3 Å². The van der Waals surface area contributed by atoms with E-state index in [2.05, 4.69) is 10.6 Å². The van der Waals surface area contributed by atoms with Crippen molar-refractivity contribution >= 4 is 11.6 Å². The first-order valence-corrected chi connectivity index (χ1v) is 5.24. The van der Waals surface area contributed by atoms with Crippen molar-refractivity contribution in [2.24, 2.45) is 0 Å². The highest BCUT2D eigenvalue weighted by Crippen LogP contribution is 2.21. The van der Waals surface area contributed by atoms with E-state index in [1.807, 2.05) is 0 Å². The number of benzene rings is 1. The van der Waals surface area contributed by atoms with Crippen molar-refractivity contribution in [3.63, 3.8) is 0 Å². The molecule has 2 N–H and O–H groups in total. The summed E-state index contributed by atoms with van der Waals surface area (Å²) in [5, 5.41) is 5.36. The summed E-state index contributed by atoms with van der Waals surface area (Å²) in [4.78, 5) is 11.8. The van der Waals surface area contributed by atoms with Crippen molar-refractivity contribution in [3.8, 4) is 5.75 Å². The molecule has 0 saturated heterocycles. The number of hydrogen-bond acceptors (Lipinski definition) is 3. The Kier molecular flexibility index (Phi) is 4.07. The third kappa shape index (κ3) is 3.17. The Morgan fingerprint density at radius 2 is 2.06 bits per heavy atom. The highest BCUT2D eigenvalue weighted by molar-refractivity contribution is 5.97. The number of hydrogen-bond donors (Lipinski definition) is 2. The lowest BCUT2D eigenvalue weighted by atomic mass is 10.1. The maximum absolute atomic E-state index is 13.5. The molecule has 0 fully saturated rings. The van der Waals surface area contributed by atoms with Gasteiger partial charge in [-0.25, -0.2) is 4.39 Å². The van der Waals surface area contributed by atoms with E-state index in [0.717, 1.165) is 0 Å². The number of rotatable bonds is 4. The molecule has 1 aromatic rings. The lowest BCUT2D eigenvalue weighted by molar-refractivity contribution is -0.121. The van der Waals surface area contributed by atoms with Gasteiger partial charge in [0.2, 0.25) is 5.91 Å². The molecule has 0 aliphatic heterocycles. The molecule has 4 nitrogen and oxygen atoms in total. The molecule has 0 bridgehead atoms. The Balaban J connectivity index is 2.91. The normalized spacial score (nSPS) is 11.1. The smallest absolute Gasteiger partial charge is 0.244 e. The number of carbonyl (C=O) groups excluding carboxylic acids is 1. The van der Waals surface area contributed by atoms with Crippen molar-refractivity contribution in [2.45, 2.75) is 19.4 Å². The van der Waals surface area contributed by atoms with E-state index < -0.39 is 11.4 Å². The first kappa shape index (κ1) is 13.4. The van der Waals surface area contributed by atoms with Crippen LogP contribution in [0.5, 0.6) is 5.75 Å². The summed E-state index contributed by atoms with van der Waals surface area (Å²) in [7, 11) is 3.15. The first-order valence-electron chi connectivity index (χ1n) is 5.24. The summed E-state index contributed by atoms with van der Waals surface area (Å²) in [5.74, 6) is -0.317. The average Bonchev–Trinajstić information content (AvgIpc) is 2.31. The van der Waals surface area contributed by atoms with Crippen LogP contribution in [-0.2, 0) is 4.79 Å². The highest BCUT2D eigenvalue weighted by atomic mass is 19.1. The van der Waals surface area contributed by atoms with Crippen molar-refractivity contribution in [1.82, 2.24) is 5.32 Å². The van der Waals surface area contributed by atoms with E-state index in [1.165, 1.54) is 25.3 Å². The Bertz CT molecular complexity index is 419. The Labute approximate surface area is 100 Å². The molecule has 0 spiro atoms. The van der Waals surface area contributed by atoms with E-state index in [9.17, 15) is 9.18 Å². The van der Waals surface area contributed by atoms with Crippen LogP contribution in [0.25, 0.3) is 0 Å². The van der Waals surface area contributed by atoms with E-state index in [1.54, 1.807) is 20.9 Å². The van der Waals surface area contributed by atoms with Crippen molar-refractivity contribution in [3.05, 3.63) is 24.0 Å². The molecule has 0 aliphatic carbocycles. The zero-order chi connectivity index (χ0) is 13.1. The molecule has 0 aromatic heterocycles. The Morgan fingerprint density at radius 1 is 1.41 bits per heavy atom. The maximum Gasteiger partial charge on any atom is 0.244 e. The van der Waals surface area contributed by atoms with E-state index in [-0.39, 0.29) is 11.6 Å². The SMILES string of the molecule is CNC(C)(C)C(=O)Nc1cc(OC)ccc1F. The lowest BCUT2D eigenvalue weighted by Crippen LogP contribution is -2.48. The first-order chi connectivity index (χ1) is 7.90. The Hall–Kier alpha value is -1.62. The zero-order valence-corrected chi connectivity index (χ0v) is 10.4. The predicted molar refractivity (Wildman–Crippen MR) is 64.7 cm³/mol. The van der Waals surface area contributed by atoms with Gasteiger partial charge in [-0.15, -0.1) is 0 Å². The molecule has 0 saturated carbocycles. The van der Waals surface area contributed by atoms with Crippen molar-refractivity contribution in [2.75, 3.05) is 19.5 Å². The van der Waals surface area contributed by atoms with Gasteiger partial charge in [-0.1, -0.05) is 0 Å². The second kappa shape index (κ2) is 5.14. The minimum Gasteiger partial charge on any atom is -0.497 e. The van der Waals surface area contributed by atoms with Crippen molar-refractivity contribution < 1.29 is 13.9 Å². The quantitative estimate of drug-likeness (QED) is 0.843. The minimum absolute atomic E-state index is 0.109. The van der Waals surface area contributed by atoms with Gasteiger partial charge in [-0.3, -0.25) is 4.79 Å². The Morgan fingerprint density at radius 3 is 2.59 bits per heavy atom. The van der Waals surface area contributed by atoms with Crippen LogP contribution < -0.4 is 15.4 Å². The molecule has 0 unspecified atom stereocenters. The summed E-state index contributed by atoms with van der Waals surface area (Å²) in [5.41, 5.74) is -0.659. The molecule has 1 amide bonds. The largest absolute Gasteiger partial charge is 0.497 e. The number of anilines is 1. The molecule has 17 heavy (non-hydrogen) atoms. The fraction of sp³-hybridized carbons (Fsp3) is 0.417. The van der Waals surface area contributed by atoms with E-state index in [0.29, 0.717) is 5.75 Å². The number of nitrogens with one attached hydrogen (secondary N) is 2. The second-order valence-corrected chi connectivity index (χ2v) is 4.17. The third-order valence-electron chi connectivity index (χ3n) is 2.61.